The average Bonchev–Trinajstić information content (AvgIpc) is 3.03. The molecule has 4 rings (SSSR count). The van der Waals surface area contributed by atoms with E-state index in [2.05, 4.69) is 5.32 Å². The Hall–Kier alpha value is -3.49. The lowest BCUT2D eigenvalue weighted by Gasteiger charge is -2.42. The molecule has 4 amide bonds. The summed E-state index contributed by atoms with van der Waals surface area (Å²) in [5.74, 6) is -3.49. The molecule has 1 aromatic rings. The Balaban J connectivity index is 1.51. The van der Waals surface area contributed by atoms with Crippen molar-refractivity contribution < 1.29 is 28.7 Å². The van der Waals surface area contributed by atoms with Crippen LogP contribution in [-0.2, 0) is 28.7 Å². The molecular formula is C24H27N3O6. The highest BCUT2D eigenvalue weighted by atomic mass is 16.5. The van der Waals surface area contributed by atoms with Crippen LogP contribution >= 0.6 is 0 Å². The molecule has 9 heteroatoms. The largest absolute Gasteiger partial charge is 0.451 e. The summed E-state index contributed by atoms with van der Waals surface area (Å²) in [5, 5.41) is 2.78. The fourth-order valence-electron chi connectivity index (χ4n) is 4.66. The fourth-order valence-corrected chi connectivity index (χ4v) is 4.66. The van der Waals surface area contributed by atoms with Crippen LogP contribution in [0.3, 0.4) is 0 Å². The van der Waals surface area contributed by atoms with Crippen LogP contribution in [0.5, 0.6) is 0 Å². The van der Waals surface area contributed by atoms with Gasteiger partial charge in [0.15, 0.2) is 6.10 Å². The molecule has 2 aliphatic heterocycles. The summed E-state index contributed by atoms with van der Waals surface area (Å²) in [7, 11) is 0. The standard InChI is InChI=1S/C24H27N3O6/c1-13(26-20(29)15-9-5-6-10-16(15)21(26)30)22(31)33-14(2)19(28)27-18-12-8-7-11-17(18)25-23(32)24(27,3)4/h5-8,11-16H,9-10H2,1-4H3,(H,25,32)/t13-,14-,15-,16-/m0/s1. The summed E-state index contributed by atoms with van der Waals surface area (Å²) in [4.78, 5) is 66.6. The van der Waals surface area contributed by atoms with E-state index in [1.165, 1.54) is 18.7 Å². The number of amides is 4. The van der Waals surface area contributed by atoms with E-state index >= 15 is 0 Å². The van der Waals surface area contributed by atoms with Gasteiger partial charge in [-0.3, -0.25) is 29.0 Å². The fraction of sp³-hybridized carbons (Fsp3) is 0.458. The SMILES string of the molecule is C[C@H](OC(=O)[C@H](C)N1C(=O)[C@H]2CC=CC[C@@H]2C1=O)C(=O)N1c2ccccc2NC(=O)C1(C)C. The zero-order valence-electron chi connectivity index (χ0n) is 19.0. The third-order valence-corrected chi connectivity index (χ3v) is 6.64. The second-order valence-electron chi connectivity index (χ2n) is 9.16. The van der Waals surface area contributed by atoms with E-state index in [1.54, 1.807) is 38.1 Å². The Bertz CT molecular complexity index is 1050. The van der Waals surface area contributed by atoms with Gasteiger partial charge in [-0.2, -0.15) is 0 Å². The number of carbonyl (C=O) groups excluding carboxylic acids is 5. The van der Waals surface area contributed by atoms with Crippen molar-refractivity contribution in [1.29, 1.82) is 0 Å². The first-order valence-corrected chi connectivity index (χ1v) is 11.0. The van der Waals surface area contributed by atoms with Gasteiger partial charge in [0.25, 0.3) is 5.91 Å². The van der Waals surface area contributed by atoms with Gasteiger partial charge in [0, 0.05) is 0 Å². The molecule has 3 aliphatic rings. The Morgan fingerprint density at radius 3 is 2.21 bits per heavy atom. The maximum absolute atomic E-state index is 13.3. The highest BCUT2D eigenvalue weighted by Gasteiger charge is 2.51. The topological polar surface area (TPSA) is 113 Å². The lowest BCUT2D eigenvalue weighted by atomic mass is 9.85. The van der Waals surface area contributed by atoms with E-state index in [0.717, 1.165) is 4.90 Å². The number of rotatable bonds is 4. The Kier molecular flexibility index (Phi) is 5.59. The van der Waals surface area contributed by atoms with E-state index in [9.17, 15) is 24.0 Å². The van der Waals surface area contributed by atoms with E-state index in [4.69, 9.17) is 4.74 Å². The number of anilines is 2. The molecule has 0 unspecified atom stereocenters. The van der Waals surface area contributed by atoms with E-state index in [0.29, 0.717) is 24.2 Å². The number of fused-ring (bicyclic) bond motifs is 2. The number of nitrogens with zero attached hydrogens (tertiary/aromatic N) is 2. The highest BCUT2D eigenvalue weighted by molar-refractivity contribution is 6.15. The van der Waals surface area contributed by atoms with Crippen molar-refractivity contribution in [3.05, 3.63) is 36.4 Å². The molecule has 2 heterocycles. The third-order valence-electron chi connectivity index (χ3n) is 6.64. The number of hydrogen-bond acceptors (Lipinski definition) is 6. The van der Waals surface area contributed by atoms with Gasteiger partial charge in [0.05, 0.1) is 23.2 Å². The molecule has 0 bridgehead atoms. The van der Waals surface area contributed by atoms with Gasteiger partial charge in [-0.15, -0.1) is 0 Å². The zero-order valence-corrected chi connectivity index (χ0v) is 19.0. The number of likely N-dealkylation sites (tertiary alicyclic amines) is 1. The third kappa shape index (κ3) is 3.61. The van der Waals surface area contributed by atoms with Gasteiger partial charge >= 0.3 is 5.97 Å². The average molecular weight is 453 g/mol. The van der Waals surface area contributed by atoms with Crippen molar-refractivity contribution in [2.45, 2.75) is 58.2 Å². The summed E-state index contributed by atoms with van der Waals surface area (Å²) < 4.78 is 5.41. The number of nitrogens with one attached hydrogen (secondary N) is 1. The van der Waals surface area contributed by atoms with Crippen LogP contribution in [0.25, 0.3) is 0 Å². The lowest BCUT2D eigenvalue weighted by molar-refractivity contribution is -0.163. The first-order chi connectivity index (χ1) is 15.6. The van der Waals surface area contributed by atoms with Crippen molar-refractivity contribution in [3.8, 4) is 0 Å². The van der Waals surface area contributed by atoms with Crippen molar-refractivity contribution in [2.24, 2.45) is 11.8 Å². The predicted octanol–water partition coefficient (Wildman–Crippen LogP) is 2.02. The van der Waals surface area contributed by atoms with Crippen LogP contribution in [-0.4, -0.2) is 52.2 Å². The second kappa shape index (κ2) is 8.13. The molecule has 174 valence electrons. The van der Waals surface area contributed by atoms with Crippen LogP contribution in [0.2, 0.25) is 0 Å². The molecule has 4 atom stereocenters. The number of imide groups is 1. The number of para-hydroxylation sites is 2. The lowest BCUT2D eigenvalue weighted by Crippen LogP contribution is -2.60. The number of esters is 1. The zero-order chi connectivity index (χ0) is 24.1. The highest BCUT2D eigenvalue weighted by Crippen LogP contribution is 2.38. The number of carbonyl (C=O) groups is 5. The van der Waals surface area contributed by atoms with Crippen LogP contribution in [0.4, 0.5) is 11.4 Å². The maximum atomic E-state index is 13.3. The molecule has 0 aromatic heterocycles. The van der Waals surface area contributed by atoms with Gasteiger partial charge in [-0.25, -0.2) is 4.79 Å². The quantitative estimate of drug-likeness (QED) is 0.424. The van der Waals surface area contributed by atoms with Crippen LogP contribution < -0.4 is 10.2 Å². The molecule has 1 fully saturated rings. The number of benzene rings is 1. The molecule has 33 heavy (non-hydrogen) atoms. The van der Waals surface area contributed by atoms with Gasteiger partial charge in [0.2, 0.25) is 17.7 Å². The van der Waals surface area contributed by atoms with Gasteiger partial charge < -0.3 is 10.1 Å². The maximum Gasteiger partial charge on any atom is 0.329 e. The smallest absolute Gasteiger partial charge is 0.329 e. The Labute approximate surface area is 191 Å². The van der Waals surface area contributed by atoms with E-state index in [1.807, 2.05) is 12.2 Å². The van der Waals surface area contributed by atoms with Crippen molar-refractivity contribution in [1.82, 2.24) is 4.90 Å². The summed E-state index contributed by atoms with van der Waals surface area (Å²) in [5.41, 5.74) is -0.252. The molecule has 9 nitrogen and oxygen atoms in total. The summed E-state index contributed by atoms with van der Waals surface area (Å²) in [6.45, 7) is 6.04. The molecule has 0 saturated carbocycles. The summed E-state index contributed by atoms with van der Waals surface area (Å²) in [6, 6.07) is 5.70. The molecule has 0 spiro atoms. The number of ether oxygens (including phenoxy) is 1. The predicted molar refractivity (Wildman–Crippen MR) is 119 cm³/mol. The summed E-state index contributed by atoms with van der Waals surface area (Å²) >= 11 is 0. The van der Waals surface area contributed by atoms with Crippen LogP contribution in [0, 0.1) is 11.8 Å². The number of allylic oxidation sites excluding steroid dienone is 2. The minimum atomic E-state index is -1.24. The minimum absolute atomic E-state index is 0.370. The van der Waals surface area contributed by atoms with Crippen LogP contribution in [0.15, 0.2) is 36.4 Å². The van der Waals surface area contributed by atoms with Gasteiger partial charge in [-0.1, -0.05) is 24.3 Å². The van der Waals surface area contributed by atoms with Crippen molar-refractivity contribution in [2.75, 3.05) is 10.2 Å². The van der Waals surface area contributed by atoms with E-state index < -0.39 is 41.4 Å². The summed E-state index contributed by atoms with van der Waals surface area (Å²) in [6.07, 6.45) is 3.43. The van der Waals surface area contributed by atoms with Gasteiger partial charge in [-0.05, 0) is 52.7 Å². The minimum Gasteiger partial charge on any atom is -0.451 e. The molecule has 0 radical (unpaired) electrons. The Morgan fingerprint density at radius 2 is 1.61 bits per heavy atom. The first-order valence-electron chi connectivity index (χ1n) is 11.0. The molecule has 1 N–H and O–H groups in total. The monoisotopic (exact) mass is 453 g/mol. The van der Waals surface area contributed by atoms with Crippen molar-refractivity contribution >= 4 is 41.0 Å². The molecule has 1 aliphatic carbocycles. The van der Waals surface area contributed by atoms with Gasteiger partial charge in [0.1, 0.15) is 11.6 Å². The first kappa shape index (κ1) is 22.7. The van der Waals surface area contributed by atoms with E-state index in [-0.39, 0.29) is 17.7 Å². The number of hydrogen-bond donors (Lipinski definition) is 1. The Morgan fingerprint density at radius 1 is 1.03 bits per heavy atom. The van der Waals surface area contributed by atoms with Crippen LogP contribution in [0.1, 0.15) is 40.5 Å². The molecule has 1 aromatic carbocycles. The molecule has 1 saturated heterocycles. The van der Waals surface area contributed by atoms with Crippen molar-refractivity contribution in [3.63, 3.8) is 0 Å². The normalized spacial score (nSPS) is 25.2. The molecular weight excluding hydrogens is 426 g/mol. The second-order valence-corrected chi connectivity index (χ2v) is 9.16.